The summed E-state index contributed by atoms with van der Waals surface area (Å²) in [7, 11) is -3.65. The van der Waals surface area contributed by atoms with Crippen molar-refractivity contribution in [1.82, 2.24) is 19.6 Å². The highest BCUT2D eigenvalue weighted by Gasteiger charge is 2.17. The molecule has 0 radical (unpaired) electrons. The Bertz CT molecular complexity index is 1330. The third-order valence-electron chi connectivity index (χ3n) is 4.73. The van der Waals surface area contributed by atoms with Gasteiger partial charge in [-0.05, 0) is 62.2 Å². The Kier molecular flexibility index (Phi) is 5.97. The summed E-state index contributed by atoms with van der Waals surface area (Å²) < 4.78 is 29.9. The van der Waals surface area contributed by atoms with Gasteiger partial charge in [-0.2, -0.15) is 14.6 Å². The molecule has 0 amide bonds. The Hall–Kier alpha value is -2.91. The van der Waals surface area contributed by atoms with Crippen molar-refractivity contribution < 1.29 is 8.42 Å². The molecular formula is C22H23N5O2S2. The zero-order valence-corrected chi connectivity index (χ0v) is 19.2. The van der Waals surface area contributed by atoms with Crippen molar-refractivity contribution in [2.75, 3.05) is 4.72 Å². The van der Waals surface area contributed by atoms with E-state index >= 15 is 0 Å². The third-order valence-corrected chi connectivity index (χ3v) is 7.28. The molecule has 4 rings (SSSR count). The maximum Gasteiger partial charge on any atom is 0.262 e. The molecule has 0 saturated heterocycles. The van der Waals surface area contributed by atoms with Gasteiger partial charge in [0.05, 0.1) is 4.90 Å². The van der Waals surface area contributed by atoms with E-state index < -0.39 is 10.0 Å². The molecule has 31 heavy (non-hydrogen) atoms. The van der Waals surface area contributed by atoms with Gasteiger partial charge in [0.2, 0.25) is 0 Å². The van der Waals surface area contributed by atoms with Crippen LogP contribution >= 0.6 is 11.8 Å². The lowest BCUT2D eigenvalue weighted by Gasteiger charge is -2.12. The molecule has 0 unspecified atom stereocenters. The lowest BCUT2D eigenvalue weighted by atomic mass is 10.2. The van der Waals surface area contributed by atoms with Crippen LogP contribution in [0.3, 0.4) is 0 Å². The van der Waals surface area contributed by atoms with E-state index in [0.717, 1.165) is 39.6 Å². The average Bonchev–Trinajstić information content (AvgIpc) is 3.18. The average molecular weight is 454 g/mol. The fourth-order valence-corrected chi connectivity index (χ4v) is 5.52. The summed E-state index contributed by atoms with van der Waals surface area (Å²) in [5.74, 6) is 0.575. The van der Waals surface area contributed by atoms with Gasteiger partial charge in [0, 0.05) is 16.3 Å². The molecule has 0 bridgehead atoms. The Morgan fingerprint density at radius 1 is 1.06 bits per heavy atom. The minimum absolute atomic E-state index is 0.283. The SMILES string of the molecule is CCCc1cc(Sc2ccc(NS(=O)(=O)c3ccc(C)cc3C)cc2)n2ncnc2n1. The minimum Gasteiger partial charge on any atom is -0.280 e. The van der Waals surface area contributed by atoms with Crippen molar-refractivity contribution in [1.29, 1.82) is 0 Å². The Morgan fingerprint density at radius 3 is 2.55 bits per heavy atom. The Morgan fingerprint density at radius 2 is 1.84 bits per heavy atom. The van der Waals surface area contributed by atoms with Gasteiger partial charge >= 0.3 is 0 Å². The number of fused-ring (bicyclic) bond motifs is 1. The summed E-state index contributed by atoms with van der Waals surface area (Å²) in [6.07, 6.45) is 3.36. The number of nitrogens with zero attached hydrogens (tertiary/aromatic N) is 4. The molecule has 160 valence electrons. The molecule has 9 heteroatoms. The van der Waals surface area contributed by atoms with E-state index in [1.807, 2.05) is 31.2 Å². The van der Waals surface area contributed by atoms with Gasteiger partial charge in [0.25, 0.3) is 15.8 Å². The largest absolute Gasteiger partial charge is 0.280 e. The molecule has 4 aromatic rings. The molecule has 7 nitrogen and oxygen atoms in total. The lowest BCUT2D eigenvalue weighted by molar-refractivity contribution is 0.600. The van der Waals surface area contributed by atoms with E-state index in [0.29, 0.717) is 11.5 Å². The fourth-order valence-electron chi connectivity index (χ4n) is 3.31. The van der Waals surface area contributed by atoms with Crippen LogP contribution in [-0.4, -0.2) is 28.0 Å². The zero-order chi connectivity index (χ0) is 22.0. The molecule has 0 fully saturated rings. The molecule has 1 N–H and O–H groups in total. The van der Waals surface area contributed by atoms with E-state index in [1.54, 1.807) is 35.7 Å². The van der Waals surface area contributed by atoms with Crippen LogP contribution in [0, 0.1) is 13.8 Å². The fraction of sp³-hybridized carbons (Fsp3) is 0.227. The third kappa shape index (κ3) is 4.72. The molecule has 0 aliphatic heterocycles. The second-order valence-corrected chi connectivity index (χ2v) is 10.1. The smallest absolute Gasteiger partial charge is 0.262 e. The van der Waals surface area contributed by atoms with Gasteiger partial charge in [-0.25, -0.2) is 13.4 Å². The standard InChI is InChI=1S/C22H23N5O2S2/c1-4-5-18-13-21(27-22(25-18)23-14-24-27)30-19-9-7-17(8-10-19)26-31(28,29)20-11-6-15(2)12-16(20)3/h6-14,26H,4-5H2,1-3H3. The molecule has 2 heterocycles. The first kappa shape index (κ1) is 21.3. The van der Waals surface area contributed by atoms with E-state index in [2.05, 4.69) is 26.7 Å². The predicted octanol–water partition coefficient (Wildman–Crippen LogP) is 4.65. The van der Waals surface area contributed by atoms with Crippen LogP contribution in [0.2, 0.25) is 0 Å². The number of aromatic nitrogens is 4. The molecule has 2 aromatic carbocycles. The molecule has 0 atom stereocenters. The number of rotatable bonds is 7. The van der Waals surface area contributed by atoms with Gasteiger partial charge in [0.15, 0.2) is 0 Å². The topological polar surface area (TPSA) is 89.2 Å². The van der Waals surface area contributed by atoms with Gasteiger partial charge in [0.1, 0.15) is 11.4 Å². The van der Waals surface area contributed by atoms with Crippen LogP contribution in [0.15, 0.2) is 69.7 Å². The number of sulfonamides is 1. The number of anilines is 1. The zero-order valence-electron chi connectivity index (χ0n) is 17.5. The van der Waals surface area contributed by atoms with Crippen LogP contribution in [0.1, 0.15) is 30.2 Å². The monoisotopic (exact) mass is 453 g/mol. The maximum atomic E-state index is 12.8. The number of nitrogens with one attached hydrogen (secondary N) is 1. The molecular weight excluding hydrogens is 430 g/mol. The molecule has 2 aromatic heterocycles. The van der Waals surface area contributed by atoms with Crippen molar-refractivity contribution in [2.24, 2.45) is 0 Å². The highest BCUT2D eigenvalue weighted by molar-refractivity contribution is 7.99. The Labute approximate surface area is 186 Å². The second-order valence-electron chi connectivity index (χ2n) is 7.31. The van der Waals surface area contributed by atoms with Crippen molar-refractivity contribution in [3.8, 4) is 0 Å². The van der Waals surface area contributed by atoms with Crippen molar-refractivity contribution in [3.63, 3.8) is 0 Å². The molecule has 0 saturated carbocycles. The summed E-state index contributed by atoms with van der Waals surface area (Å²) in [5.41, 5.74) is 3.23. The summed E-state index contributed by atoms with van der Waals surface area (Å²) in [6.45, 7) is 5.85. The summed E-state index contributed by atoms with van der Waals surface area (Å²) >= 11 is 1.53. The molecule has 0 spiro atoms. The predicted molar refractivity (Wildman–Crippen MR) is 122 cm³/mol. The van der Waals surface area contributed by atoms with Crippen LogP contribution in [0.25, 0.3) is 5.78 Å². The van der Waals surface area contributed by atoms with E-state index in [-0.39, 0.29) is 4.90 Å². The van der Waals surface area contributed by atoms with Crippen molar-refractivity contribution in [2.45, 2.75) is 48.4 Å². The number of aryl methyl sites for hydroxylation is 3. The second kappa shape index (κ2) is 8.68. The highest BCUT2D eigenvalue weighted by Crippen LogP contribution is 2.30. The maximum absolute atomic E-state index is 12.8. The normalized spacial score (nSPS) is 11.7. The summed E-state index contributed by atoms with van der Waals surface area (Å²) in [4.78, 5) is 9.97. The molecule has 0 aliphatic rings. The van der Waals surface area contributed by atoms with Crippen molar-refractivity contribution in [3.05, 3.63) is 71.7 Å². The first-order chi connectivity index (χ1) is 14.9. The van der Waals surface area contributed by atoms with Crippen LogP contribution < -0.4 is 4.72 Å². The number of benzene rings is 2. The van der Waals surface area contributed by atoms with Gasteiger partial charge in [-0.15, -0.1) is 0 Å². The van der Waals surface area contributed by atoms with Crippen molar-refractivity contribution >= 4 is 33.3 Å². The van der Waals surface area contributed by atoms with Crippen LogP contribution in [-0.2, 0) is 16.4 Å². The molecule has 0 aliphatic carbocycles. The number of hydrogen-bond acceptors (Lipinski definition) is 6. The minimum atomic E-state index is -3.65. The highest BCUT2D eigenvalue weighted by atomic mass is 32.2. The van der Waals surface area contributed by atoms with E-state index in [4.69, 9.17) is 0 Å². The first-order valence-electron chi connectivity index (χ1n) is 9.93. The van der Waals surface area contributed by atoms with Gasteiger partial charge in [-0.1, -0.05) is 42.8 Å². The number of hydrogen-bond donors (Lipinski definition) is 1. The van der Waals surface area contributed by atoms with Gasteiger partial charge < -0.3 is 0 Å². The quantitative estimate of drug-likeness (QED) is 0.410. The Balaban J connectivity index is 1.55. The van der Waals surface area contributed by atoms with Gasteiger partial charge in [-0.3, -0.25) is 4.72 Å². The first-order valence-corrected chi connectivity index (χ1v) is 12.2. The van der Waals surface area contributed by atoms with Crippen LogP contribution in [0.4, 0.5) is 5.69 Å². The van der Waals surface area contributed by atoms with E-state index in [9.17, 15) is 8.42 Å². The summed E-state index contributed by atoms with van der Waals surface area (Å²) in [6, 6.07) is 14.6. The summed E-state index contributed by atoms with van der Waals surface area (Å²) in [5, 5.41) is 5.17. The lowest BCUT2D eigenvalue weighted by Crippen LogP contribution is -2.14. The van der Waals surface area contributed by atoms with Crippen LogP contribution in [0.5, 0.6) is 0 Å². The van der Waals surface area contributed by atoms with E-state index in [1.165, 1.54) is 18.1 Å².